The number of fused-ring (bicyclic) bond motifs is 1. The van der Waals surface area contributed by atoms with Gasteiger partial charge in [0, 0.05) is 38.0 Å². The third-order valence-corrected chi connectivity index (χ3v) is 6.02. The molecule has 0 aliphatic carbocycles. The molecule has 7 heteroatoms. The van der Waals surface area contributed by atoms with Crippen LogP contribution < -0.4 is 10.6 Å². The number of carbonyl (C=O) groups is 1. The van der Waals surface area contributed by atoms with Gasteiger partial charge in [-0.2, -0.15) is 0 Å². The Balaban J connectivity index is 0.00000104. The predicted molar refractivity (Wildman–Crippen MR) is 156 cm³/mol. The number of hydrogen-bond donors (Lipinski definition) is 3. The topological polar surface area (TPSA) is 90.4 Å². The Morgan fingerprint density at radius 3 is 2.32 bits per heavy atom. The molecule has 0 aliphatic heterocycles. The first-order valence-corrected chi connectivity index (χ1v) is 13.3. The molecule has 3 rings (SSSR count). The van der Waals surface area contributed by atoms with Crippen molar-refractivity contribution in [2.45, 2.75) is 72.5 Å². The Kier molecular flexibility index (Phi) is 16.7. The van der Waals surface area contributed by atoms with Gasteiger partial charge in [-0.3, -0.25) is 4.90 Å². The van der Waals surface area contributed by atoms with Crippen molar-refractivity contribution < 1.29 is 9.90 Å². The van der Waals surface area contributed by atoms with Crippen LogP contribution in [-0.2, 0) is 17.9 Å². The molecule has 0 saturated heterocycles. The van der Waals surface area contributed by atoms with Crippen molar-refractivity contribution in [3.05, 3.63) is 65.5 Å². The lowest BCUT2D eigenvalue weighted by atomic mass is 10.1. The standard InChI is InChI=1S/C26H37N5.C3H6O.CH4O/c1-5-11-21(3)31(18-22-13-7-6-12-20(22)2)19-25-29-24-15-9-8-14-23(24)26(30-25)28-17-10-16-27-4;1-2-3-4;1-2/h6-9,12-15,21,27H,5,10-11,16-19H2,1-4H3,(H,28,29,30);3H,2H2,1H3;2H,1H3. The van der Waals surface area contributed by atoms with E-state index in [-0.39, 0.29) is 0 Å². The first-order valence-electron chi connectivity index (χ1n) is 13.3. The fourth-order valence-electron chi connectivity index (χ4n) is 3.96. The van der Waals surface area contributed by atoms with Crippen LogP contribution in [-0.4, -0.2) is 59.5 Å². The first kappa shape index (κ1) is 32.2. The van der Waals surface area contributed by atoms with Crippen molar-refractivity contribution in [2.75, 3.05) is 32.6 Å². The van der Waals surface area contributed by atoms with Crippen LogP contribution in [0, 0.1) is 6.92 Å². The second-order valence-corrected chi connectivity index (χ2v) is 8.93. The highest BCUT2D eigenvalue weighted by Crippen LogP contribution is 2.22. The zero-order valence-electron chi connectivity index (χ0n) is 23.6. The minimum absolute atomic E-state index is 0.465. The van der Waals surface area contributed by atoms with Crippen LogP contribution in [0.2, 0.25) is 0 Å². The van der Waals surface area contributed by atoms with Crippen LogP contribution in [0.3, 0.4) is 0 Å². The van der Waals surface area contributed by atoms with E-state index in [4.69, 9.17) is 15.1 Å². The monoisotopic (exact) mass is 509 g/mol. The molecule has 1 heterocycles. The third-order valence-electron chi connectivity index (χ3n) is 6.02. The molecule has 204 valence electrons. The molecule has 7 nitrogen and oxygen atoms in total. The number of aldehydes is 1. The molecule has 1 unspecified atom stereocenters. The van der Waals surface area contributed by atoms with E-state index in [1.54, 1.807) is 0 Å². The minimum atomic E-state index is 0.465. The zero-order chi connectivity index (χ0) is 27.5. The Bertz CT molecular complexity index is 1030. The van der Waals surface area contributed by atoms with Gasteiger partial charge in [0.2, 0.25) is 0 Å². The highest BCUT2D eigenvalue weighted by molar-refractivity contribution is 5.88. The lowest BCUT2D eigenvalue weighted by Gasteiger charge is -2.29. The molecule has 0 radical (unpaired) electrons. The largest absolute Gasteiger partial charge is 0.400 e. The molecule has 3 aromatic rings. The zero-order valence-corrected chi connectivity index (χ0v) is 23.6. The molecule has 0 bridgehead atoms. The summed E-state index contributed by atoms with van der Waals surface area (Å²) in [6, 6.07) is 17.4. The SMILES string of the molecule is CCC=O.CCCC(C)N(Cc1nc(NCCCNC)c2ccccc2n1)Cc1ccccc1C.CO. The number of rotatable bonds is 13. The summed E-state index contributed by atoms with van der Waals surface area (Å²) in [5.74, 6) is 1.82. The number of aliphatic hydroxyl groups excluding tert-OH is 1. The average molecular weight is 510 g/mol. The number of benzene rings is 2. The summed E-state index contributed by atoms with van der Waals surface area (Å²) in [5.41, 5.74) is 3.71. The fraction of sp³-hybridized carbons (Fsp3) is 0.500. The summed E-state index contributed by atoms with van der Waals surface area (Å²) in [4.78, 5) is 21.6. The average Bonchev–Trinajstić information content (AvgIpc) is 2.93. The number of hydrogen-bond acceptors (Lipinski definition) is 7. The number of nitrogens with one attached hydrogen (secondary N) is 2. The minimum Gasteiger partial charge on any atom is -0.400 e. The van der Waals surface area contributed by atoms with E-state index in [0.29, 0.717) is 12.5 Å². The first-order chi connectivity index (χ1) is 18.0. The van der Waals surface area contributed by atoms with Crippen LogP contribution in [0.4, 0.5) is 5.82 Å². The van der Waals surface area contributed by atoms with Crippen LogP contribution >= 0.6 is 0 Å². The van der Waals surface area contributed by atoms with Crippen LogP contribution in [0.5, 0.6) is 0 Å². The molecule has 2 aromatic carbocycles. The summed E-state index contributed by atoms with van der Waals surface area (Å²) in [5, 5.41) is 14.8. The van der Waals surface area contributed by atoms with E-state index < -0.39 is 0 Å². The van der Waals surface area contributed by atoms with Gasteiger partial charge < -0.3 is 20.5 Å². The van der Waals surface area contributed by atoms with E-state index in [0.717, 1.165) is 75.0 Å². The number of aromatic nitrogens is 2. The molecule has 3 N–H and O–H groups in total. The van der Waals surface area contributed by atoms with Gasteiger partial charge in [0.25, 0.3) is 0 Å². The van der Waals surface area contributed by atoms with Crippen molar-refractivity contribution in [3.8, 4) is 0 Å². The van der Waals surface area contributed by atoms with E-state index in [1.165, 1.54) is 17.5 Å². The Labute approximate surface area is 223 Å². The van der Waals surface area contributed by atoms with Crippen LogP contribution in [0.15, 0.2) is 48.5 Å². The number of para-hydroxylation sites is 1. The maximum atomic E-state index is 9.17. The van der Waals surface area contributed by atoms with E-state index in [1.807, 2.05) is 14.0 Å². The molecule has 1 aromatic heterocycles. The normalized spacial score (nSPS) is 11.2. The summed E-state index contributed by atoms with van der Waals surface area (Å²) >= 11 is 0. The number of aliphatic hydroxyl groups is 1. The van der Waals surface area contributed by atoms with Crippen LogP contribution in [0.25, 0.3) is 10.9 Å². The summed E-state index contributed by atoms with van der Waals surface area (Å²) in [7, 11) is 2.98. The molecule has 37 heavy (non-hydrogen) atoms. The molecule has 0 aliphatic rings. The van der Waals surface area contributed by atoms with Gasteiger partial charge in [0.15, 0.2) is 0 Å². The highest BCUT2D eigenvalue weighted by Gasteiger charge is 2.18. The van der Waals surface area contributed by atoms with E-state index in [9.17, 15) is 4.79 Å². The van der Waals surface area contributed by atoms with Crippen molar-refractivity contribution in [1.29, 1.82) is 0 Å². The van der Waals surface area contributed by atoms with Gasteiger partial charge in [-0.15, -0.1) is 0 Å². The maximum Gasteiger partial charge on any atom is 0.145 e. The quantitative estimate of drug-likeness (QED) is 0.211. The molecular formula is C30H47N5O2. The molecule has 0 fully saturated rings. The van der Waals surface area contributed by atoms with Crippen LogP contribution in [0.1, 0.15) is 63.4 Å². The van der Waals surface area contributed by atoms with Gasteiger partial charge in [-0.05, 0) is 63.5 Å². The van der Waals surface area contributed by atoms with E-state index in [2.05, 4.69) is 84.8 Å². The van der Waals surface area contributed by atoms with Crippen molar-refractivity contribution in [2.24, 2.45) is 0 Å². The van der Waals surface area contributed by atoms with Gasteiger partial charge in [-0.25, -0.2) is 9.97 Å². The molecule has 0 saturated carbocycles. The maximum absolute atomic E-state index is 9.17. The van der Waals surface area contributed by atoms with E-state index >= 15 is 0 Å². The second-order valence-electron chi connectivity index (χ2n) is 8.93. The summed E-state index contributed by atoms with van der Waals surface area (Å²) < 4.78 is 0. The molecular weight excluding hydrogens is 462 g/mol. The van der Waals surface area contributed by atoms with Gasteiger partial charge in [0.05, 0.1) is 12.1 Å². The second kappa shape index (κ2) is 19.3. The van der Waals surface area contributed by atoms with Crippen molar-refractivity contribution >= 4 is 23.0 Å². The summed E-state index contributed by atoms with van der Waals surface area (Å²) in [6.45, 7) is 12.1. The fourth-order valence-corrected chi connectivity index (χ4v) is 3.96. The third kappa shape index (κ3) is 11.4. The molecule has 1 atom stereocenters. The van der Waals surface area contributed by atoms with Gasteiger partial charge in [-0.1, -0.05) is 56.7 Å². The summed E-state index contributed by atoms with van der Waals surface area (Å²) in [6.07, 6.45) is 4.90. The number of nitrogens with zero attached hydrogens (tertiary/aromatic N) is 3. The number of carbonyl (C=O) groups excluding carboxylic acids is 1. The molecule has 0 spiro atoms. The number of anilines is 1. The van der Waals surface area contributed by atoms with Gasteiger partial charge >= 0.3 is 0 Å². The lowest BCUT2D eigenvalue weighted by Crippen LogP contribution is -2.33. The molecule has 0 amide bonds. The Morgan fingerprint density at radius 1 is 1.00 bits per heavy atom. The smallest absolute Gasteiger partial charge is 0.145 e. The van der Waals surface area contributed by atoms with Crippen molar-refractivity contribution in [3.63, 3.8) is 0 Å². The lowest BCUT2D eigenvalue weighted by molar-refractivity contribution is -0.107. The number of aryl methyl sites for hydroxylation is 1. The Hall–Kier alpha value is -2.87. The predicted octanol–water partition coefficient (Wildman–Crippen LogP) is 5.35. The Morgan fingerprint density at radius 2 is 1.68 bits per heavy atom. The van der Waals surface area contributed by atoms with Gasteiger partial charge in [0.1, 0.15) is 17.9 Å². The van der Waals surface area contributed by atoms with Crippen molar-refractivity contribution in [1.82, 2.24) is 20.2 Å². The highest BCUT2D eigenvalue weighted by atomic mass is 16.2.